The molecule has 1 aromatic rings. The summed E-state index contributed by atoms with van der Waals surface area (Å²) in [6.07, 6.45) is 3.36. The summed E-state index contributed by atoms with van der Waals surface area (Å²) in [5.74, 6) is 1.50. The van der Waals surface area contributed by atoms with Crippen LogP contribution < -0.4 is 4.90 Å². The number of hydrogen-bond acceptors (Lipinski definition) is 4. The predicted molar refractivity (Wildman–Crippen MR) is 61.9 cm³/mol. The topological polar surface area (TPSA) is 38.2 Å². The van der Waals surface area contributed by atoms with E-state index in [-0.39, 0.29) is 0 Å². The highest BCUT2D eigenvalue weighted by Gasteiger charge is 2.18. The highest BCUT2D eigenvalue weighted by Crippen LogP contribution is 2.23. The second-order valence-electron chi connectivity index (χ2n) is 3.82. The largest absolute Gasteiger partial charge is 0.379 e. The molecule has 15 heavy (non-hydrogen) atoms. The summed E-state index contributed by atoms with van der Waals surface area (Å²) in [6.45, 7) is 5.66. The minimum Gasteiger partial charge on any atom is -0.379 e. The molecule has 1 fully saturated rings. The first-order valence-corrected chi connectivity index (χ1v) is 5.85. The number of aromatic nitrogens is 2. The molecule has 0 radical (unpaired) electrons. The van der Waals surface area contributed by atoms with E-state index in [1.54, 1.807) is 12.5 Å². The van der Waals surface area contributed by atoms with Crippen molar-refractivity contribution in [2.75, 3.05) is 31.2 Å². The first kappa shape index (κ1) is 10.8. The van der Waals surface area contributed by atoms with Crippen molar-refractivity contribution < 1.29 is 4.74 Å². The lowest BCUT2D eigenvalue weighted by Crippen LogP contribution is -2.30. The molecule has 1 saturated heterocycles. The summed E-state index contributed by atoms with van der Waals surface area (Å²) in [6, 6.07) is 0. The molecule has 1 aliphatic rings. The van der Waals surface area contributed by atoms with Gasteiger partial charge in [0.15, 0.2) is 0 Å². The van der Waals surface area contributed by atoms with E-state index in [1.807, 2.05) is 0 Å². The summed E-state index contributed by atoms with van der Waals surface area (Å²) < 4.78 is 6.44. The van der Waals surface area contributed by atoms with Crippen molar-refractivity contribution in [2.45, 2.75) is 6.92 Å². The smallest absolute Gasteiger partial charge is 0.146 e. The average Bonchev–Trinajstić information content (AvgIpc) is 2.43. The maximum atomic E-state index is 5.50. The Bertz CT molecular complexity index is 334. The fourth-order valence-electron chi connectivity index (χ4n) is 1.71. The molecule has 1 aliphatic heterocycles. The van der Waals surface area contributed by atoms with Crippen LogP contribution in [0.2, 0.25) is 0 Å². The lowest BCUT2D eigenvalue weighted by molar-refractivity contribution is 0.129. The van der Waals surface area contributed by atoms with E-state index in [0.717, 1.165) is 36.6 Å². The van der Waals surface area contributed by atoms with Crippen LogP contribution in [0.4, 0.5) is 5.82 Å². The van der Waals surface area contributed by atoms with Crippen molar-refractivity contribution in [3.8, 4) is 0 Å². The monoisotopic (exact) mass is 271 g/mol. The Morgan fingerprint density at radius 2 is 2.47 bits per heavy atom. The zero-order chi connectivity index (χ0) is 10.7. The Labute approximate surface area is 97.8 Å². The maximum absolute atomic E-state index is 5.50. The quantitative estimate of drug-likeness (QED) is 0.780. The van der Waals surface area contributed by atoms with Gasteiger partial charge in [-0.3, -0.25) is 0 Å². The summed E-state index contributed by atoms with van der Waals surface area (Å²) in [5.41, 5.74) is 0. The summed E-state index contributed by atoms with van der Waals surface area (Å²) >= 11 is 3.47. The first-order chi connectivity index (χ1) is 7.27. The number of hydrogen-bond donors (Lipinski definition) is 0. The Morgan fingerprint density at radius 1 is 1.60 bits per heavy atom. The van der Waals surface area contributed by atoms with Gasteiger partial charge in [0, 0.05) is 19.3 Å². The van der Waals surface area contributed by atoms with Gasteiger partial charge in [-0.05, 0) is 21.8 Å². The Balaban J connectivity index is 2.18. The Morgan fingerprint density at radius 3 is 3.27 bits per heavy atom. The average molecular weight is 272 g/mol. The van der Waals surface area contributed by atoms with Crippen LogP contribution in [-0.4, -0.2) is 36.3 Å². The molecule has 2 heterocycles. The van der Waals surface area contributed by atoms with Crippen LogP contribution in [0.1, 0.15) is 6.92 Å². The van der Waals surface area contributed by atoms with Gasteiger partial charge in [-0.1, -0.05) is 6.92 Å². The standard InChI is InChI=1S/C10H14BrN3O/c1-8-5-14(2-3-15-6-8)10-9(11)4-12-7-13-10/h4,7-8H,2-3,5-6H2,1H3. The zero-order valence-electron chi connectivity index (χ0n) is 8.69. The fourth-order valence-corrected chi connectivity index (χ4v) is 2.18. The van der Waals surface area contributed by atoms with Gasteiger partial charge in [0.25, 0.3) is 0 Å². The van der Waals surface area contributed by atoms with Gasteiger partial charge in [0.2, 0.25) is 0 Å². The molecule has 0 spiro atoms. The molecule has 1 aromatic heterocycles. The van der Waals surface area contributed by atoms with Gasteiger partial charge in [0.05, 0.1) is 17.7 Å². The summed E-state index contributed by atoms with van der Waals surface area (Å²) in [4.78, 5) is 10.5. The van der Waals surface area contributed by atoms with Gasteiger partial charge >= 0.3 is 0 Å². The molecule has 1 atom stereocenters. The molecule has 0 saturated carbocycles. The maximum Gasteiger partial charge on any atom is 0.146 e. The lowest BCUT2D eigenvalue weighted by atomic mass is 10.2. The zero-order valence-corrected chi connectivity index (χ0v) is 10.3. The predicted octanol–water partition coefficient (Wildman–Crippen LogP) is 1.71. The van der Waals surface area contributed by atoms with Crippen LogP contribution in [0.5, 0.6) is 0 Å². The van der Waals surface area contributed by atoms with Gasteiger partial charge < -0.3 is 9.64 Å². The van der Waals surface area contributed by atoms with Crippen molar-refractivity contribution in [2.24, 2.45) is 5.92 Å². The lowest BCUT2D eigenvalue weighted by Gasteiger charge is -2.23. The van der Waals surface area contributed by atoms with E-state index in [4.69, 9.17) is 4.74 Å². The van der Waals surface area contributed by atoms with Gasteiger partial charge in [-0.15, -0.1) is 0 Å². The molecule has 0 aromatic carbocycles. The van der Waals surface area contributed by atoms with Crippen molar-refractivity contribution in [1.29, 1.82) is 0 Å². The Kier molecular flexibility index (Phi) is 3.53. The third-order valence-electron chi connectivity index (χ3n) is 2.39. The number of anilines is 1. The van der Waals surface area contributed by atoms with Crippen LogP contribution in [0.15, 0.2) is 17.0 Å². The van der Waals surface area contributed by atoms with E-state index >= 15 is 0 Å². The first-order valence-electron chi connectivity index (χ1n) is 5.05. The summed E-state index contributed by atoms with van der Waals surface area (Å²) in [7, 11) is 0. The number of halogens is 1. The van der Waals surface area contributed by atoms with Crippen molar-refractivity contribution in [1.82, 2.24) is 9.97 Å². The minimum absolute atomic E-state index is 0.536. The Hall–Kier alpha value is -0.680. The third-order valence-corrected chi connectivity index (χ3v) is 2.95. The molecule has 5 heteroatoms. The van der Waals surface area contributed by atoms with Crippen molar-refractivity contribution >= 4 is 21.7 Å². The highest BCUT2D eigenvalue weighted by atomic mass is 79.9. The second-order valence-corrected chi connectivity index (χ2v) is 4.67. The molecule has 0 N–H and O–H groups in total. The molecular weight excluding hydrogens is 258 g/mol. The van der Waals surface area contributed by atoms with Gasteiger partial charge in [0.1, 0.15) is 12.1 Å². The number of rotatable bonds is 1. The van der Waals surface area contributed by atoms with Crippen LogP contribution in [-0.2, 0) is 4.74 Å². The van der Waals surface area contributed by atoms with Crippen molar-refractivity contribution in [3.05, 3.63) is 17.0 Å². The van der Waals surface area contributed by atoms with Gasteiger partial charge in [-0.2, -0.15) is 0 Å². The molecule has 82 valence electrons. The highest BCUT2D eigenvalue weighted by molar-refractivity contribution is 9.10. The van der Waals surface area contributed by atoms with E-state index in [2.05, 4.69) is 37.7 Å². The third kappa shape index (κ3) is 2.66. The number of nitrogens with zero attached hydrogens (tertiary/aromatic N) is 3. The summed E-state index contributed by atoms with van der Waals surface area (Å²) in [5, 5.41) is 0. The molecule has 1 unspecified atom stereocenters. The second kappa shape index (κ2) is 4.90. The SMILES string of the molecule is CC1COCCN(c2ncncc2Br)C1. The van der Waals surface area contributed by atoms with Crippen LogP contribution in [0.3, 0.4) is 0 Å². The molecule has 0 aliphatic carbocycles. The molecule has 0 bridgehead atoms. The van der Waals surface area contributed by atoms with E-state index in [9.17, 15) is 0 Å². The molecule has 4 nitrogen and oxygen atoms in total. The van der Waals surface area contributed by atoms with Crippen LogP contribution in [0.25, 0.3) is 0 Å². The normalized spacial score (nSPS) is 22.5. The van der Waals surface area contributed by atoms with Crippen LogP contribution in [0, 0.1) is 5.92 Å². The molecule has 0 amide bonds. The van der Waals surface area contributed by atoms with E-state index in [0.29, 0.717) is 5.92 Å². The molecule has 2 rings (SSSR count). The minimum atomic E-state index is 0.536. The number of ether oxygens (including phenoxy) is 1. The van der Waals surface area contributed by atoms with E-state index < -0.39 is 0 Å². The van der Waals surface area contributed by atoms with Crippen LogP contribution >= 0.6 is 15.9 Å². The fraction of sp³-hybridized carbons (Fsp3) is 0.600. The van der Waals surface area contributed by atoms with Gasteiger partial charge in [-0.25, -0.2) is 9.97 Å². The van der Waals surface area contributed by atoms with E-state index in [1.165, 1.54) is 0 Å². The van der Waals surface area contributed by atoms with Crippen molar-refractivity contribution in [3.63, 3.8) is 0 Å². The molecular formula is C10H14BrN3O.